The number of rotatable bonds is 2. The molecule has 16 heavy (non-hydrogen) atoms. The van der Waals surface area contributed by atoms with Gasteiger partial charge in [-0.25, -0.2) is 0 Å². The van der Waals surface area contributed by atoms with Gasteiger partial charge in [0.25, 0.3) is 5.91 Å². The first kappa shape index (κ1) is 10.5. The molecule has 2 aromatic heterocycles. The number of anilines is 2. The molecule has 0 atom stereocenters. The average molecular weight is 235 g/mol. The number of aromatic nitrogens is 3. The van der Waals surface area contributed by atoms with Crippen molar-refractivity contribution in [2.24, 2.45) is 0 Å². The minimum Gasteiger partial charge on any atom is -0.397 e. The maximum atomic E-state index is 11.7. The fourth-order valence-corrected chi connectivity index (χ4v) is 1.69. The van der Waals surface area contributed by atoms with Gasteiger partial charge in [-0.1, -0.05) is 11.3 Å². The zero-order valence-corrected chi connectivity index (χ0v) is 9.28. The molecule has 0 aliphatic rings. The van der Waals surface area contributed by atoms with Crippen LogP contribution in [-0.2, 0) is 0 Å². The number of nitrogen functional groups attached to an aromatic ring is 1. The second-order valence-corrected chi connectivity index (χ2v) is 4.27. The van der Waals surface area contributed by atoms with Crippen molar-refractivity contribution in [2.45, 2.75) is 6.92 Å². The second-order valence-electron chi connectivity index (χ2n) is 3.09. The zero-order valence-electron chi connectivity index (χ0n) is 8.47. The van der Waals surface area contributed by atoms with E-state index in [2.05, 4.69) is 20.5 Å². The first-order chi connectivity index (χ1) is 7.65. The van der Waals surface area contributed by atoms with Crippen molar-refractivity contribution in [3.63, 3.8) is 0 Å². The Balaban J connectivity index is 2.14. The second kappa shape index (κ2) is 4.23. The van der Waals surface area contributed by atoms with Crippen molar-refractivity contribution in [3.05, 3.63) is 29.0 Å². The lowest BCUT2D eigenvalue weighted by atomic mass is 10.2. The van der Waals surface area contributed by atoms with Crippen LogP contribution in [-0.4, -0.2) is 21.1 Å². The van der Waals surface area contributed by atoms with E-state index >= 15 is 0 Å². The molecule has 0 saturated carbocycles. The van der Waals surface area contributed by atoms with Crippen LogP contribution >= 0.6 is 11.3 Å². The number of amides is 1. The Morgan fingerprint density at radius 3 is 2.88 bits per heavy atom. The number of pyridine rings is 1. The Kier molecular flexibility index (Phi) is 2.78. The van der Waals surface area contributed by atoms with Gasteiger partial charge in [-0.05, 0) is 13.0 Å². The molecule has 82 valence electrons. The molecule has 3 N–H and O–H groups in total. The van der Waals surface area contributed by atoms with Gasteiger partial charge in [-0.3, -0.25) is 15.1 Å². The van der Waals surface area contributed by atoms with E-state index in [1.54, 1.807) is 6.07 Å². The van der Waals surface area contributed by atoms with Gasteiger partial charge in [0.1, 0.15) is 5.01 Å². The van der Waals surface area contributed by atoms with Gasteiger partial charge in [0.15, 0.2) is 0 Å². The van der Waals surface area contributed by atoms with E-state index in [9.17, 15) is 4.79 Å². The summed E-state index contributed by atoms with van der Waals surface area (Å²) < 4.78 is 0. The SMILES string of the molecule is Cc1nnc(NC(=O)c2cncc(N)c2)s1. The molecule has 0 saturated heterocycles. The van der Waals surface area contributed by atoms with Crippen LogP contribution in [0.2, 0.25) is 0 Å². The summed E-state index contributed by atoms with van der Waals surface area (Å²) >= 11 is 1.31. The third-order valence-corrected chi connectivity index (χ3v) is 2.52. The Hall–Kier alpha value is -2.02. The summed E-state index contributed by atoms with van der Waals surface area (Å²) in [6, 6.07) is 1.55. The number of nitrogens with zero attached hydrogens (tertiary/aromatic N) is 3. The topological polar surface area (TPSA) is 93.8 Å². The van der Waals surface area contributed by atoms with Crippen LogP contribution < -0.4 is 11.1 Å². The molecule has 1 amide bonds. The highest BCUT2D eigenvalue weighted by Gasteiger charge is 2.09. The van der Waals surface area contributed by atoms with Crippen LogP contribution in [0.25, 0.3) is 0 Å². The van der Waals surface area contributed by atoms with E-state index in [1.165, 1.54) is 23.7 Å². The highest BCUT2D eigenvalue weighted by atomic mass is 32.1. The molecule has 0 radical (unpaired) electrons. The normalized spacial score (nSPS) is 10.1. The van der Waals surface area contributed by atoms with E-state index in [4.69, 9.17) is 5.73 Å². The molecule has 0 fully saturated rings. The van der Waals surface area contributed by atoms with Crippen LogP contribution in [0.1, 0.15) is 15.4 Å². The first-order valence-electron chi connectivity index (χ1n) is 4.47. The summed E-state index contributed by atoms with van der Waals surface area (Å²) in [6.07, 6.45) is 2.92. The summed E-state index contributed by atoms with van der Waals surface area (Å²) in [5.41, 5.74) is 6.37. The first-order valence-corrected chi connectivity index (χ1v) is 5.29. The van der Waals surface area contributed by atoms with Crippen molar-refractivity contribution < 1.29 is 4.79 Å². The summed E-state index contributed by atoms with van der Waals surface area (Å²) in [5.74, 6) is -0.295. The minimum absolute atomic E-state index is 0.295. The van der Waals surface area contributed by atoms with E-state index in [0.717, 1.165) is 5.01 Å². The third-order valence-electron chi connectivity index (χ3n) is 1.77. The number of hydrogen-bond donors (Lipinski definition) is 2. The van der Waals surface area contributed by atoms with Crippen molar-refractivity contribution in [1.82, 2.24) is 15.2 Å². The van der Waals surface area contributed by atoms with Crippen molar-refractivity contribution in [1.29, 1.82) is 0 Å². The van der Waals surface area contributed by atoms with E-state index in [-0.39, 0.29) is 5.91 Å². The maximum Gasteiger partial charge on any atom is 0.259 e. The van der Waals surface area contributed by atoms with Crippen LogP contribution in [0.5, 0.6) is 0 Å². The lowest BCUT2D eigenvalue weighted by Gasteiger charge is -2.00. The summed E-state index contributed by atoms with van der Waals surface area (Å²) in [6.45, 7) is 1.81. The summed E-state index contributed by atoms with van der Waals surface area (Å²) in [7, 11) is 0. The van der Waals surface area contributed by atoms with Gasteiger partial charge < -0.3 is 5.73 Å². The van der Waals surface area contributed by atoms with E-state index in [1.807, 2.05) is 6.92 Å². The molecule has 2 aromatic rings. The fraction of sp³-hybridized carbons (Fsp3) is 0.111. The number of hydrogen-bond acceptors (Lipinski definition) is 6. The molecule has 2 heterocycles. The molecular weight excluding hydrogens is 226 g/mol. The summed E-state index contributed by atoms with van der Waals surface area (Å²) in [4.78, 5) is 15.5. The van der Waals surface area contributed by atoms with Crippen LogP contribution in [0, 0.1) is 6.92 Å². The Morgan fingerprint density at radius 2 is 2.25 bits per heavy atom. The number of carbonyl (C=O) groups is 1. The molecule has 6 nitrogen and oxygen atoms in total. The maximum absolute atomic E-state index is 11.7. The molecular formula is C9H9N5OS. The molecule has 0 aliphatic heterocycles. The van der Waals surface area contributed by atoms with Gasteiger partial charge in [0, 0.05) is 12.4 Å². The molecule has 0 bridgehead atoms. The van der Waals surface area contributed by atoms with Crippen LogP contribution in [0.4, 0.5) is 10.8 Å². The van der Waals surface area contributed by atoms with Gasteiger partial charge in [0.2, 0.25) is 5.13 Å². The fourth-order valence-electron chi connectivity index (χ4n) is 1.10. The Bertz CT molecular complexity index is 524. The highest BCUT2D eigenvalue weighted by Crippen LogP contribution is 2.15. The van der Waals surface area contributed by atoms with Crippen molar-refractivity contribution >= 4 is 28.1 Å². The minimum atomic E-state index is -0.295. The van der Waals surface area contributed by atoms with E-state index < -0.39 is 0 Å². The predicted molar refractivity (Wildman–Crippen MR) is 61.2 cm³/mol. The smallest absolute Gasteiger partial charge is 0.259 e. The van der Waals surface area contributed by atoms with E-state index in [0.29, 0.717) is 16.4 Å². The standard InChI is InChI=1S/C9H9N5OS/c1-5-13-14-9(16-5)12-8(15)6-2-7(10)4-11-3-6/h2-4H,10H2,1H3,(H,12,14,15). The number of nitrogens with one attached hydrogen (secondary N) is 1. The third kappa shape index (κ3) is 2.31. The molecule has 0 aliphatic carbocycles. The summed E-state index contributed by atoms with van der Waals surface area (Å²) in [5, 5.41) is 11.5. The number of aryl methyl sites for hydroxylation is 1. The Labute approximate surface area is 95.5 Å². The molecule has 7 heteroatoms. The van der Waals surface area contributed by atoms with Crippen LogP contribution in [0.15, 0.2) is 18.5 Å². The largest absolute Gasteiger partial charge is 0.397 e. The quantitative estimate of drug-likeness (QED) is 0.812. The van der Waals surface area contributed by atoms with Gasteiger partial charge in [0.05, 0.1) is 11.3 Å². The molecule has 2 rings (SSSR count). The highest BCUT2D eigenvalue weighted by molar-refractivity contribution is 7.15. The van der Waals surface area contributed by atoms with Gasteiger partial charge in [-0.15, -0.1) is 10.2 Å². The lowest BCUT2D eigenvalue weighted by Crippen LogP contribution is -2.12. The number of carbonyl (C=O) groups excluding carboxylic acids is 1. The van der Waals surface area contributed by atoms with Crippen molar-refractivity contribution in [2.75, 3.05) is 11.1 Å². The van der Waals surface area contributed by atoms with Gasteiger partial charge in [-0.2, -0.15) is 0 Å². The van der Waals surface area contributed by atoms with Gasteiger partial charge >= 0.3 is 0 Å². The monoisotopic (exact) mass is 235 g/mol. The molecule has 0 unspecified atom stereocenters. The Morgan fingerprint density at radius 1 is 1.44 bits per heavy atom. The van der Waals surface area contributed by atoms with Crippen LogP contribution in [0.3, 0.4) is 0 Å². The van der Waals surface area contributed by atoms with Crippen molar-refractivity contribution in [3.8, 4) is 0 Å². The average Bonchev–Trinajstić information content (AvgIpc) is 2.64. The molecule has 0 aromatic carbocycles. The zero-order chi connectivity index (χ0) is 11.5. The predicted octanol–water partition coefficient (Wildman–Crippen LogP) is 1.08. The molecule has 0 spiro atoms. The lowest BCUT2D eigenvalue weighted by molar-refractivity contribution is 0.102. The number of nitrogens with two attached hydrogens (primary N) is 1.